The predicted molar refractivity (Wildman–Crippen MR) is 78.2 cm³/mol. The lowest BCUT2D eigenvalue weighted by atomic mass is 10.2. The maximum atomic E-state index is 10.9. The molecule has 1 aliphatic heterocycles. The summed E-state index contributed by atoms with van der Waals surface area (Å²) in [7, 11) is 0. The van der Waals surface area contributed by atoms with E-state index in [0.29, 0.717) is 23.9 Å². The topological polar surface area (TPSA) is 118 Å². The third-order valence-electron chi connectivity index (χ3n) is 3.13. The molecule has 1 saturated heterocycles. The van der Waals surface area contributed by atoms with Crippen LogP contribution in [0.25, 0.3) is 0 Å². The second-order valence-corrected chi connectivity index (χ2v) is 5.94. The lowest BCUT2D eigenvalue weighted by Gasteiger charge is -2.15. The van der Waals surface area contributed by atoms with Crippen LogP contribution in [0.15, 0.2) is 18.2 Å². The molecule has 0 radical (unpaired) electrons. The number of carbonyl (C=O) groups is 2. The summed E-state index contributed by atoms with van der Waals surface area (Å²) in [5.41, 5.74) is 5.98. The number of carboxylic acids is 1. The summed E-state index contributed by atoms with van der Waals surface area (Å²) in [6.07, 6.45) is 0. The maximum absolute atomic E-state index is 10.9. The molecule has 8 heteroatoms. The molecule has 0 aliphatic carbocycles. The first-order chi connectivity index (χ1) is 10.5. The summed E-state index contributed by atoms with van der Waals surface area (Å²) in [4.78, 5) is 21.7. The number of hydrogen-bond donors (Lipinski definition) is 2. The van der Waals surface area contributed by atoms with Gasteiger partial charge in [-0.15, -0.1) is 0 Å². The number of carboxylic acid groups (broad SMARTS) is 1. The van der Waals surface area contributed by atoms with Crippen molar-refractivity contribution in [2.75, 3.05) is 19.0 Å². The minimum atomic E-state index is -1.05. The molecule has 2 unspecified atom stereocenters. The highest BCUT2D eigenvalue weighted by Gasteiger charge is 2.31. The van der Waals surface area contributed by atoms with Crippen LogP contribution in [0.4, 0.5) is 0 Å². The van der Waals surface area contributed by atoms with Gasteiger partial charge in [0.15, 0.2) is 23.5 Å². The van der Waals surface area contributed by atoms with Crippen LogP contribution in [0.2, 0.25) is 0 Å². The summed E-state index contributed by atoms with van der Waals surface area (Å²) < 4.78 is 10.8. The molecule has 0 saturated carbocycles. The average Bonchev–Trinajstić information content (AvgIpc) is 2.96. The van der Waals surface area contributed by atoms with E-state index < -0.39 is 17.9 Å². The molecule has 22 heavy (non-hydrogen) atoms. The van der Waals surface area contributed by atoms with Crippen molar-refractivity contribution in [2.24, 2.45) is 5.73 Å². The van der Waals surface area contributed by atoms with Gasteiger partial charge in [-0.05, 0) is 25.1 Å². The second kappa shape index (κ2) is 7.37. The number of rotatable bonds is 7. The number of aliphatic carboxylic acids is 1. The van der Waals surface area contributed by atoms with Gasteiger partial charge in [0, 0.05) is 5.56 Å². The number of primary amides is 1. The van der Waals surface area contributed by atoms with Crippen LogP contribution in [0.5, 0.6) is 11.5 Å². The summed E-state index contributed by atoms with van der Waals surface area (Å²) in [5, 5.41) is 12.6. The molecule has 4 N–H and O–H groups in total. The van der Waals surface area contributed by atoms with E-state index in [0.717, 1.165) is 5.56 Å². The van der Waals surface area contributed by atoms with E-state index in [2.05, 4.69) is 0 Å². The standard InChI is InChI=1S/C14H18N2O5S/c1-2-20-11-5-8(3-4-10(11)21-6-12(15)17)13-16-9(7-22-13)14(18)19/h3-5,9,13,16H,2,6-7H2,1H3,(H2,15,17)(H,18,19). The molecular formula is C14H18N2O5S. The average molecular weight is 326 g/mol. The van der Waals surface area contributed by atoms with Gasteiger partial charge in [-0.2, -0.15) is 0 Å². The Balaban J connectivity index is 2.14. The molecule has 1 aromatic rings. The van der Waals surface area contributed by atoms with E-state index >= 15 is 0 Å². The minimum absolute atomic E-state index is 0.0349. The SMILES string of the molecule is CCOc1cc(C2[NH2+]C(C(=O)[O-])CS2)ccc1OCC(N)=O. The molecule has 1 aromatic carbocycles. The van der Waals surface area contributed by atoms with Gasteiger partial charge in [-0.25, -0.2) is 0 Å². The maximum Gasteiger partial charge on any atom is 0.255 e. The fraction of sp³-hybridized carbons (Fsp3) is 0.429. The van der Waals surface area contributed by atoms with Crippen molar-refractivity contribution in [3.05, 3.63) is 23.8 Å². The predicted octanol–water partition coefficient (Wildman–Crippen LogP) is -1.62. The van der Waals surface area contributed by atoms with Crippen LogP contribution in [0.1, 0.15) is 17.9 Å². The van der Waals surface area contributed by atoms with Crippen molar-refractivity contribution < 1.29 is 29.5 Å². The van der Waals surface area contributed by atoms with Gasteiger partial charge in [0.25, 0.3) is 5.91 Å². The zero-order chi connectivity index (χ0) is 16.1. The number of quaternary nitrogens is 1. The quantitative estimate of drug-likeness (QED) is 0.621. The van der Waals surface area contributed by atoms with Crippen molar-refractivity contribution >= 4 is 23.6 Å². The van der Waals surface area contributed by atoms with Gasteiger partial charge < -0.3 is 30.4 Å². The zero-order valence-electron chi connectivity index (χ0n) is 12.1. The molecule has 1 fully saturated rings. The van der Waals surface area contributed by atoms with Crippen LogP contribution in [-0.4, -0.2) is 36.9 Å². The Bertz CT molecular complexity index is 566. The lowest BCUT2D eigenvalue weighted by molar-refractivity contribution is -0.690. The Morgan fingerprint density at radius 3 is 2.77 bits per heavy atom. The van der Waals surface area contributed by atoms with Crippen molar-refractivity contribution in [1.29, 1.82) is 0 Å². The lowest BCUT2D eigenvalue weighted by Crippen LogP contribution is -2.90. The van der Waals surface area contributed by atoms with E-state index in [9.17, 15) is 14.7 Å². The highest BCUT2D eigenvalue weighted by atomic mass is 32.2. The molecule has 0 spiro atoms. The van der Waals surface area contributed by atoms with Crippen LogP contribution in [0.3, 0.4) is 0 Å². The number of carbonyl (C=O) groups excluding carboxylic acids is 2. The van der Waals surface area contributed by atoms with Crippen molar-refractivity contribution in [1.82, 2.24) is 0 Å². The molecular weight excluding hydrogens is 308 g/mol. The zero-order valence-corrected chi connectivity index (χ0v) is 12.9. The molecule has 0 aromatic heterocycles. The Labute approximate surface area is 132 Å². The van der Waals surface area contributed by atoms with Crippen LogP contribution in [-0.2, 0) is 9.59 Å². The Morgan fingerprint density at radius 2 is 2.18 bits per heavy atom. The molecule has 1 aliphatic rings. The normalized spacial score (nSPS) is 20.6. The molecule has 7 nitrogen and oxygen atoms in total. The van der Waals surface area contributed by atoms with Gasteiger partial charge in [-0.3, -0.25) is 4.79 Å². The van der Waals surface area contributed by atoms with Crippen molar-refractivity contribution in [3.63, 3.8) is 0 Å². The number of amides is 1. The smallest absolute Gasteiger partial charge is 0.255 e. The monoisotopic (exact) mass is 326 g/mol. The molecule has 1 heterocycles. The van der Waals surface area contributed by atoms with Crippen LogP contribution >= 0.6 is 11.8 Å². The van der Waals surface area contributed by atoms with Crippen molar-refractivity contribution in [2.45, 2.75) is 18.3 Å². The highest BCUT2D eigenvalue weighted by molar-refractivity contribution is 7.99. The van der Waals surface area contributed by atoms with Crippen molar-refractivity contribution in [3.8, 4) is 11.5 Å². The molecule has 1 amide bonds. The number of hydrogen-bond acceptors (Lipinski definition) is 6. The third-order valence-corrected chi connectivity index (χ3v) is 4.47. The molecule has 120 valence electrons. The first kappa shape index (κ1) is 16.4. The van der Waals surface area contributed by atoms with E-state index in [1.165, 1.54) is 11.8 Å². The summed E-state index contributed by atoms with van der Waals surface area (Å²) in [6.45, 7) is 2.06. The van der Waals surface area contributed by atoms with Crippen LogP contribution < -0.4 is 25.6 Å². The van der Waals surface area contributed by atoms with Gasteiger partial charge in [0.1, 0.15) is 12.0 Å². The first-order valence-corrected chi connectivity index (χ1v) is 7.91. The fourth-order valence-electron chi connectivity index (χ4n) is 2.12. The van der Waals surface area contributed by atoms with E-state index in [-0.39, 0.29) is 12.0 Å². The van der Waals surface area contributed by atoms with Gasteiger partial charge in [0.2, 0.25) is 0 Å². The Kier molecular flexibility index (Phi) is 5.51. The number of ether oxygens (including phenoxy) is 2. The number of benzene rings is 1. The Hall–Kier alpha value is -1.93. The molecule has 2 rings (SSSR count). The number of nitrogens with two attached hydrogens (primary N) is 2. The van der Waals surface area contributed by atoms with E-state index in [1.54, 1.807) is 17.4 Å². The van der Waals surface area contributed by atoms with Gasteiger partial charge in [-0.1, -0.05) is 11.8 Å². The summed E-state index contributed by atoms with van der Waals surface area (Å²) >= 11 is 1.54. The minimum Gasteiger partial charge on any atom is -0.544 e. The van der Waals surface area contributed by atoms with E-state index in [1.807, 2.05) is 13.0 Å². The summed E-state index contributed by atoms with van der Waals surface area (Å²) in [6, 6.07) is 4.77. The second-order valence-electron chi connectivity index (χ2n) is 4.77. The van der Waals surface area contributed by atoms with Gasteiger partial charge >= 0.3 is 0 Å². The largest absolute Gasteiger partial charge is 0.544 e. The molecule has 2 atom stereocenters. The molecule has 0 bridgehead atoms. The third kappa shape index (κ3) is 4.05. The summed E-state index contributed by atoms with van der Waals surface area (Å²) in [5.74, 6) is -0.183. The van der Waals surface area contributed by atoms with Gasteiger partial charge in [0.05, 0.1) is 12.4 Å². The highest BCUT2D eigenvalue weighted by Crippen LogP contribution is 2.34. The fourth-order valence-corrected chi connectivity index (χ4v) is 3.42. The first-order valence-electron chi connectivity index (χ1n) is 6.86. The Morgan fingerprint density at radius 1 is 1.41 bits per heavy atom. The van der Waals surface area contributed by atoms with Crippen LogP contribution in [0, 0.1) is 0 Å². The van der Waals surface area contributed by atoms with E-state index in [4.69, 9.17) is 15.2 Å². The number of thioether (sulfide) groups is 1.